The molecule has 0 aliphatic heterocycles. The number of nitriles is 1. The highest BCUT2D eigenvalue weighted by Crippen LogP contribution is 2.15. The van der Waals surface area contributed by atoms with Crippen molar-refractivity contribution >= 4 is 11.6 Å². The normalized spacial score (nSPS) is 9.85. The Balaban J connectivity index is 2.08. The van der Waals surface area contributed by atoms with Crippen molar-refractivity contribution in [2.24, 2.45) is 0 Å². The van der Waals surface area contributed by atoms with Gasteiger partial charge in [-0.05, 0) is 42.0 Å². The van der Waals surface area contributed by atoms with Gasteiger partial charge in [0, 0.05) is 12.7 Å². The summed E-state index contributed by atoms with van der Waals surface area (Å²) in [4.78, 5) is 13.6. The molecule has 1 amide bonds. The van der Waals surface area contributed by atoms with Gasteiger partial charge in [-0.15, -0.1) is 0 Å². The summed E-state index contributed by atoms with van der Waals surface area (Å²) in [5.41, 5.74) is 2.03. The van der Waals surface area contributed by atoms with Crippen LogP contribution in [0.4, 0.5) is 10.1 Å². The predicted octanol–water partition coefficient (Wildman–Crippen LogP) is 2.90. The van der Waals surface area contributed by atoms with Gasteiger partial charge in [0.25, 0.3) is 0 Å². The van der Waals surface area contributed by atoms with Crippen molar-refractivity contribution in [1.82, 2.24) is 0 Å². The van der Waals surface area contributed by atoms with Crippen molar-refractivity contribution in [2.75, 3.05) is 11.9 Å². The minimum atomic E-state index is -0.318. The molecule has 2 aromatic carbocycles. The Morgan fingerprint density at radius 3 is 2.30 bits per heavy atom. The Hall–Kier alpha value is -2.67. The largest absolute Gasteiger partial charge is 0.315 e. The van der Waals surface area contributed by atoms with Crippen LogP contribution >= 0.6 is 0 Å². The van der Waals surface area contributed by atoms with E-state index in [-0.39, 0.29) is 18.1 Å². The quantitative estimate of drug-likeness (QED) is 0.859. The van der Waals surface area contributed by atoms with E-state index in [0.717, 1.165) is 11.3 Å². The van der Waals surface area contributed by atoms with Crippen LogP contribution in [0.3, 0.4) is 0 Å². The summed E-state index contributed by atoms with van der Waals surface area (Å²) < 4.78 is 12.8. The van der Waals surface area contributed by atoms with Gasteiger partial charge in [-0.25, -0.2) is 4.39 Å². The van der Waals surface area contributed by atoms with Gasteiger partial charge in [0.15, 0.2) is 0 Å². The van der Waals surface area contributed by atoms with Gasteiger partial charge in [-0.3, -0.25) is 4.79 Å². The van der Waals surface area contributed by atoms with Crippen LogP contribution < -0.4 is 4.90 Å². The van der Waals surface area contributed by atoms with Crippen LogP contribution in [-0.4, -0.2) is 13.0 Å². The van der Waals surface area contributed by atoms with E-state index in [0.29, 0.717) is 5.56 Å². The number of anilines is 1. The lowest BCUT2D eigenvalue weighted by Crippen LogP contribution is -2.27. The zero-order chi connectivity index (χ0) is 14.5. The van der Waals surface area contributed by atoms with E-state index in [9.17, 15) is 9.18 Å². The van der Waals surface area contributed by atoms with E-state index in [2.05, 4.69) is 0 Å². The van der Waals surface area contributed by atoms with Crippen molar-refractivity contribution in [3.8, 4) is 6.07 Å². The average Bonchev–Trinajstić information content (AvgIpc) is 2.49. The number of carbonyl (C=O) groups is 1. The molecular weight excluding hydrogens is 255 g/mol. The fourth-order valence-corrected chi connectivity index (χ4v) is 1.80. The molecule has 20 heavy (non-hydrogen) atoms. The molecule has 4 heteroatoms. The zero-order valence-corrected chi connectivity index (χ0v) is 11.0. The number of rotatable bonds is 3. The number of benzene rings is 2. The fourth-order valence-electron chi connectivity index (χ4n) is 1.80. The Morgan fingerprint density at radius 2 is 1.75 bits per heavy atom. The topological polar surface area (TPSA) is 44.1 Å². The predicted molar refractivity (Wildman–Crippen MR) is 74.7 cm³/mol. The second kappa shape index (κ2) is 5.98. The van der Waals surface area contributed by atoms with Crippen molar-refractivity contribution < 1.29 is 9.18 Å². The number of hydrogen-bond acceptors (Lipinski definition) is 2. The van der Waals surface area contributed by atoms with E-state index < -0.39 is 0 Å². The second-order valence-electron chi connectivity index (χ2n) is 4.41. The molecule has 0 saturated heterocycles. The van der Waals surface area contributed by atoms with Gasteiger partial charge in [0.05, 0.1) is 18.1 Å². The van der Waals surface area contributed by atoms with Crippen LogP contribution in [0.1, 0.15) is 11.1 Å². The van der Waals surface area contributed by atoms with Crippen LogP contribution in [-0.2, 0) is 11.2 Å². The zero-order valence-electron chi connectivity index (χ0n) is 11.0. The van der Waals surface area contributed by atoms with E-state index in [4.69, 9.17) is 5.26 Å². The highest BCUT2D eigenvalue weighted by molar-refractivity contribution is 5.94. The molecule has 100 valence electrons. The molecule has 0 radical (unpaired) electrons. The Bertz CT molecular complexity index is 642. The summed E-state index contributed by atoms with van der Waals surface area (Å²) in [6.45, 7) is 0. The molecule has 0 unspecified atom stereocenters. The van der Waals surface area contributed by atoms with E-state index in [1.807, 2.05) is 6.07 Å². The molecule has 0 spiro atoms. The third kappa shape index (κ3) is 3.21. The molecule has 0 bridgehead atoms. The van der Waals surface area contributed by atoms with Gasteiger partial charge in [0.2, 0.25) is 5.91 Å². The molecule has 0 heterocycles. The molecule has 0 aliphatic rings. The summed E-state index contributed by atoms with van der Waals surface area (Å²) in [6, 6.07) is 14.7. The Labute approximate surface area is 116 Å². The summed E-state index contributed by atoms with van der Waals surface area (Å²) in [7, 11) is 1.67. The first-order valence-electron chi connectivity index (χ1n) is 6.11. The van der Waals surface area contributed by atoms with Crippen LogP contribution in [0.2, 0.25) is 0 Å². The Morgan fingerprint density at radius 1 is 1.15 bits per heavy atom. The van der Waals surface area contributed by atoms with E-state index >= 15 is 0 Å². The highest BCUT2D eigenvalue weighted by atomic mass is 19.1. The third-order valence-electron chi connectivity index (χ3n) is 3.03. The molecule has 3 nitrogen and oxygen atoms in total. The minimum absolute atomic E-state index is 0.0960. The average molecular weight is 268 g/mol. The molecule has 0 aliphatic carbocycles. The fraction of sp³-hybridized carbons (Fsp3) is 0.125. The van der Waals surface area contributed by atoms with Gasteiger partial charge in [0.1, 0.15) is 5.82 Å². The van der Waals surface area contributed by atoms with Crippen LogP contribution in [0.5, 0.6) is 0 Å². The van der Waals surface area contributed by atoms with Crippen LogP contribution in [0.15, 0.2) is 48.5 Å². The van der Waals surface area contributed by atoms with E-state index in [1.165, 1.54) is 17.0 Å². The molecule has 0 N–H and O–H groups in total. The SMILES string of the molecule is CN(C(=O)Cc1ccc(F)cc1)c1ccc(C#N)cc1. The number of hydrogen-bond donors (Lipinski definition) is 0. The van der Waals surface area contributed by atoms with Gasteiger partial charge >= 0.3 is 0 Å². The standard InChI is InChI=1S/C16H13FN2O/c1-19(15-8-4-13(11-18)5-9-15)16(20)10-12-2-6-14(17)7-3-12/h2-9H,10H2,1H3. The monoisotopic (exact) mass is 268 g/mol. The number of likely N-dealkylation sites (N-methyl/N-ethyl adjacent to an activating group) is 1. The minimum Gasteiger partial charge on any atom is -0.315 e. The number of amides is 1. The second-order valence-corrected chi connectivity index (χ2v) is 4.41. The lowest BCUT2D eigenvalue weighted by atomic mass is 10.1. The molecule has 0 atom stereocenters. The summed E-state index contributed by atoms with van der Waals surface area (Å²) in [5.74, 6) is -0.414. The maximum atomic E-state index is 12.8. The first-order valence-corrected chi connectivity index (χ1v) is 6.11. The maximum absolute atomic E-state index is 12.8. The smallest absolute Gasteiger partial charge is 0.231 e. The Kier molecular flexibility index (Phi) is 4.11. The van der Waals surface area contributed by atoms with Gasteiger partial charge in [-0.1, -0.05) is 12.1 Å². The molecule has 0 saturated carbocycles. The van der Waals surface area contributed by atoms with Gasteiger partial charge < -0.3 is 4.90 Å². The molecule has 2 aromatic rings. The summed E-state index contributed by atoms with van der Waals surface area (Å²) in [6.07, 6.45) is 0.205. The first-order chi connectivity index (χ1) is 9.60. The van der Waals surface area contributed by atoms with Crippen molar-refractivity contribution in [3.05, 3.63) is 65.5 Å². The first kappa shape index (κ1) is 13.8. The summed E-state index contributed by atoms with van der Waals surface area (Å²) >= 11 is 0. The lowest BCUT2D eigenvalue weighted by Gasteiger charge is -2.17. The molecule has 0 aromatic heterocycles. The molecule has 2 rings (SSSR count). The van der Waals surface area contributed by atoms with Crippen molar-refractivity contribution in [3.63, 3.8) is 0 Å². The van der Waals surface area contributed by atoms with E-state index in [1.54, 1.807) is 43.4 Å². The van der Waals surface area contributed by atoms with Crippen molar-refractivity contribution in [1.29, 1.82) is 5.26 Å². The van der Waals surface area contributed by atoms with Crippen molar-refractivity contribution in [2.45, 2.75) is 6.42 Å². The maximum Gasteiger partial charge on any atom is 0.231 e. The van der Waals surface area contributed by atoms with Crippen LogP contribution in [0, 0.1) is 17.1 Å². The van der Waals surface area contributed by atoms with Crippen LogP contribution in [0.25, 0.3) is 0 Å². The molecule has 0 fully saturated rings. The van der Waals surface area contributed by atoms with Gasteiger partial charge in [-0.2, -0.15) is 5.26 Å². The third-order valence-corrected chi connectivity index (χ3v) is 3.03. The summed E-state index contributed by atoms with van der Waals surface area (Å²) in [5, 5.41) is 8.73. The highest BCUT2D eigenvalue weighted by Gasteiger charge is 2.11. The lowest BCUT2D eigenvalue weighted by molar-refractivity contribution is -0.117. The number of carbonyl (C=O) groups excluding carboxylic acids is 1. The number of halogens is 1. The molecular formula is C16H13FN2O. The number of nitrogens with zero attached hydrogens (tertiary/aromatic N) is 2.